The van der Waals surface area contributed by atoms with Crippen molar-refractivity contribution in [2.75, 3.05) is 0 Å². The van der Waals surface area contributed by atoms with Gasteiger partial charge in [-0.1, -0.05) is 108 Å². The Kier molecular flexibility index (Phi) is 12.2. The van der Waals surface area contributed by atoms with Crippen molar-refractivity contribution in [3.05, 3.63) is 206 Å². The smallest absolute Gasteiger partial charge is 0.159 e. The van der Waals surface area contributed by atoms with E-state index in [0.717, 1.165) is 83.7 Å². The van der Waals surface area contributed by atoms with Crippen molar-refractivity contribution in [3.63, 3.8) is 0 Å². The van der Waals surface area contributed by atoms with Crippen LogP contribution in [-0.2, 0) is 31.3 Å². The quantitative estimate of drug-likeness (QED) is 0.0798. The summed E-state index contributed by atoms with van der Waals surface area (Å²) in [6.07, 6.45) is 5.88. The second-order valence-electron chi connectivity index (χ2n) is 13.7. The number of aliphatic hydroxyl groups excluding tert-OH is 1. The number of aryl methyl sites for hydroxylation is 1. The SMILES string of the molecule is C/C(O)=C/C(=O)CCc1ccccc1-c1cc(-c2ccccc2-c2c[c-]c(-c3ccccn3)cc2)cc(-c2ccccc2-c2ccc(-c3[c-]cccc3)nc2)c1.[Ir]. The van der Waals surface area contributed by atoms with Gasteiger partial charge in [0.05, 0.1) is 5.76 Å². The number of benzene rings is 6. The Labute approximate surface area is 347 Å². The summed E-state index contributed by atoms with van der Waals surface area (Å²) in [7, 11) is 0. The molecule has 0 amide bonds. The average molecular weight is 915 g/mol. The molecule has 4 nitrogen and oxygen atoms in total. The molecule has 0 bridgehead atoms. The van der Waals surface area contributed by atoms with E-state index < -0.39 is 0 Å². The van der Waals surface area contributed by atoms with Gasteiger partial charge in [0.2, 0.25) is 0 Å². The van der Waals surface area contributed by atoms with Gasteiger partial charge in [-0.25, -0.2) is 0 Å². The van der Waals surface area contributed by atoms with Gasteiger partial charge >= 0.3 is 0 Å². The van der Waals surface area contributed by atoms with Gasteiger partial charge in [-0.15, -0.1) is 65.7 Å². The Morgan fingerprint density at radius 3 is 1.72 bits per heavy atom. The van der Waals surface area contributed by atoms with Crippen LogP contribution in [0.2, 0.25) is 0 Å². The predicted octanol–water partition coefficient (Wildman–Crippen LogP) is 12.7. The van der Waals surface area contributed by atoms with Crippen molar-refractivity contribution in [3.8, 4) is 78.1 Å². The van der Waals surface area contributed by atoms with E-state index in [-0.39, 0.29) is 31.6 Å². The fourth-order valence-corrected chi connectivity index (χ4v) is 7.19. The van der Waals surface area contributed by atoms with Crippen LogP contribution in [0.15, 0.2) is 188 Å². The summed E-state index contributed by atoms with van der Waals surface area (Å²) < 4.78 is 0. The van der Waals surface area contributed by atoms with Crippen molar-refractivity contribution in [1.29, 1.82) is 0 Å². The number of carbonyl (C=O) groups excluding carboxylic acids is 1. The van der Waals surface area contributed by atoms with E-state index in [1.165, 1.54) is 13.0 Å². The van der Waals surface area contributed by atoms with Crippen LogP contribution in [0.1, 0.15) is 18.9 Å². The molecule has 2 aromatic heterocycles. The largest absolute Gasteiger partial charge is 0.512 e. The third-order valence-electron chi connectivity index (χ3n) is 9.87. The molecule has 5 heteroatoms. The van der Waals surface area contributed by atoms with Crippen LogP contribution in [0, 0.1) is 12.1 Å². The van der Waals surface area contributed by atoms with Crippen LogP contribution in [0.25, 0.3) is 78.1 Å². The molecule has 6 aromatic carbocycles. The van der Waals surface area contributed by atoms with Crippen molar-refractivity contribution < 1.29 is 30.0 Å². The molecule has 0 aliphatic rings. The molecule has 2 heterocycles. The van der Waals surface area contributed by atoms with Crippen LogP contribution in [-0.4, -0.2) is 20.9 Å². The molecular weight excluding hydrogens is 877 g/mol. The Morgan fingerprint density at radius 1 is 0.579 bits per heavy atom. The summed E-state index contributed by atoms with van der Waals surface area (Å²) in [6.45, 7) is 1.52. The summed E-state index contributed by atoms with van der Waals surface area (Å²) in [5, 5.41) is 9.70. The number of carbonyl (C=O) groups is 1. The maximum atomic E-state index is 12.7. The van der Waals surface area contributed by atoms with Gasteiger partial charge in [0.1, 0.15) is 0 Å². The van der Waals surface area contributed by atoms with E-state index in [2.05, 4.69) is 120 Å². The molecule has 0 unspecified atom stereocenters. The zero-order valence-corrected chi connectivity index (χ0v) is 33.7. The summed E-state index contributed by atoms with van der Waals surface area (Å²) in [5.74, 6) is -0.0853. The Hall–Kier alpha value is -6.52. The Bertz CT molecular complexity index is 2510. The maximum absolute atomic E-state index is 12.7. The topological polar surface area (TPSA) is 63.1 Å². The van der Waals surface area contributed by atoms with E-state index in [1.54, 1.807) is 6.20 Å². The van der Waals surface area contributed by atoms with Crippen molar-refractivity contribution in [1.82, 2.24) is 9.97 Å². The van der Waals surface area contributed by atoms with E-state index in [9.17, 15) is 9.90 Å². The first kappa shape index (κ1) is 38.7. The number of aliphatic hydroxyl groups is 1. The molecule has 0 aliphatic carbocycles. The molecular formula is C52H38IrN2O2-2. The first-order chi connectivity index (χ1) is 27.5. The standard InChI is InChI=1S/C52H38N2O2.Ir/c1-36(55)31-45(56)28-26-37-13-5-6-16-46(37)42-32-43(49-19-9-7-17-47(49)38-22-24-40(25-23-38)51-21-11-12-30-53-51)34-44(33-42)50-20-10-8-18-48(50)41-27-29-52(54-35-41)39-14-3-2-4-15-39;/h2-14,16-24,27,29-35,55H,26,28H2,1H3;/q-2;/b36-31-;. The van der Waals surface area contributed by atoms with Gasteiger partial charge in [0.25, 0.3) is 0 Å². The van der Waals surface area contributed by atoms with Crippen molar-refractivity contribution in [2.24, 2.45) is 0 Å². The van der Waals surface area contributed by atoms with Crippen LogP contribution < -0.4 is 0 Å². The summed E-state index contributed by atoms with van der Waals surface area (Å²) >= 11 is 0. The van der Waals surface area contributed by atoms with Gasteiger partial charge in [0.15, 0.2) is 5.78 Å². The van der Waals surface area contributed by atoms with Crippen LogP contribution >= 0.6 is 0 Å². The first-order valence-electron chi connectivity index (χ1n) is 18.7. The minimum Gasteiger partial charge on any atom is -0.512 e. The number of aromatic nitrogens is 2. The van der Waals surface area contributed by atoms with Crippen molar-refractivity contribution >= 4 is 5.78 Å². The number of ketones is 1. The predicted molar refractivity (Wildman–Crippen MR) is 227 cm³/mol. The fraction of sp³-hybridized carbons (Fsp3) is 0.0577. The van der Waals surface area contributed by atoms with Gasteiger partial charge in [-0.2, -0.15) is 0 Å². The van der Waals surface area contributed by atoms with Crippen LogP contribution in [0.5, 0.6) is 0 Å². The number of pyridine rings is 2. The number of hydrogen-bond acceptors (Lipinski definition) is 4. The molecule has 0 saturated carbocycles. The van der Waals surface area contributed by atoms with E-state index in [0.29, 0.717) is 12.8 Å². The van der Waals surface area contributed by atoms with Gasteiger partial charge in [-0.3, -0.25) is 4.79 Å². The normalized spacial score (nSPS) is 11.1. The minimum absolute atomic E-state index is 0. The Morgan fingerprint density at radius 2 is 1.14 bits per heavy atom. The third kappa shape index (κ3) is 8.98. The maximum Gasteiger partial charge on any atom is 0.159 e. The van der Waals surface area contributed by atoms with Gasteiger partial charge in [-0.05, 0) is 99.1 Å². The molecule has 8 aromatic rings. The molecule has 8 rings (SSSR count). The zero-order valence-electron chi connectivity index (χ0n) is 31.3. The molecule has 279 valence electrons. The summed E-state index contributed by atoms with van der Waals surface area (Å²) in [5.41, 5.74) is 15.4. The van der Waals surface area contributed by atoms with E-state index in [1.807, 2.05) is 66.9 Å². The molecule has 0 atom stereocenters. The number of allylic oxidation sites excluding steroid dienone is 2. The number of nitrogens with zero attached hydrogens (tertiary/aromatic N) is 2. The molecule has 1 radical (unpaired) electrons. The molecule has 0 aliphatic heterocycles. The fourth-order valence-electron chi connectivity index (χ4n) is 7.19. The Balaban J connectivity index is 0.00000496. The van der Waals surface area contributed by atoms with Crippen molar-refractivity contribution in [2.45, 2.75) is 19.8 Å². The van der Waals surface area contributed by atoms with Gasteiger partial charge in [0, 0.05) is 45.0 Å². The minimum atomic E-state index is -0.104. The molecule has 57 heavy (non-hydrogen) atoms. The van der Waals surface area contributed by atoms with Crippen LogP contribution in [0.3, 0.4) is 0 Å². The molecule has 0 saturated heterocycles. The van der Waals surface area contributed by atoms with E-state index in [4.69, 9.17) is 4.98 Å². The zero-order chi connectivity index (χ0) is 38.3. The summed E-state index contributed by atoms with van der Waals surface area (Å²) in [4.78, 5) is 22.0. The summed E-state index contributed by atoms with van der Waals surface area (Å²) in [6, 6.07) is 63.0. The molecule has 0 fully saturated rings. The molecule has 1 N–H and O–H groups in total. The third-order valence-corrected chi connectivity index (χ3v) is 9.87. The first-order valence-corrected chi connectivity index (χ1v) is 18.7. The average Bonchev–Trinajstić information content (AvgIpc) is 3.26. The molecule has 0 spiro atoms. The number of rotatable bonds is 11. The monoisotopic (exact) mass is 915 g/mol. The van der Waals surface area contributed by atoms with Gasteiger partial charge < -0.3 is 15.1 Å². The van der Waals surface area contributed by atoms with E-state index >= 15 is 0 Å². The second kappa shape index (κ2) is 18.0. The van der Waals surface area contributed by atoms with Crippen LogP contribution in [0.4, 0.5) is 0 Å². The number of hydrogen-bond donors (Lipinski definition) is 1. The second-order valence-corrected chi connectivity index (χ2v) is 13.7.